The van der Waals surface area contributed by atoms with E-state index >= 15 is 0 Å². The third-order valence-corrected chi connectivity index (χ3v) is 6.33. The lowest BCUT2D eigenvalue weighted by Gasteiger charge is -2.21. The summed E-state index contributed by atoms with van der Waals surface area (Å²) < 4.78 is 25.3. The Kier molecular flexibility index (Phi) is 5.25. The highest BCUT2D eigenvalue weighted by Gasteiger charge is 2.40. The van der Waals surface area contributed by atoms with Crippen LogP contribution in [0.3, 0.4) is 0 Å². The molecule has 31 heavy (non-hydrogen) atoms. The van der Waals surface area contributed by atoms with Crippen molar-refractivity contribution in [2.75, 3.05) is 11.0 Å². The quantitative estimate of drug-likeness (QED) is 0.620. The van der Waals surface area contributed by atoms with Gasteiger partial charge in [-0.2, -0.15) is 5.10 Å². The van der Waals surface area contributed by atoms with Gasteiger partial charge in [-0.05, 0) is 64.1 Å². The van der Waals surface area contributed by atoms with Crippen LogP contribution in [0.5, 0.6) is 0 Å². The number of aromatic nitrogens is 2. The number of hydrogen-bond acceptors (Lipinski definition) is 4. The molecule has 1 aliphatic carbocycles. The van der Waals surface area contributed by atoms with E-state index in [1.54, 1.807) is 24.4 Å². The van der Waals surface area contributed by atoms with Gasteiger partial charge in [0.15, 0.2) is 0 Å². The molecule has 2 N–H and O–H groups in total. The van der Waals surface area contributed by atoms with E-state index in [0.29, 0.717) is 23.1 Å². The molecular weight excluding hydrogens is 410 g/mol. The number of benzene rings is 2. The van der Waals surface area contributed by atoms with Crippen molar-refractivity contribution in [1.29, 1.82) is 0 Å². The molecule has 0 radical (unpaired) electrons. The molecule has 0 amide bonds. The van der Waals surface area contributed by atoms with Crippen LogP contribution in [0.1, 0.15) is 55.7 Å². The first-order valence-electron chi connectivity index (χ1n) is 10.3. The molecule has 6 nitrogen and oxygen atoms in total. The van der Waals surface area contributed by atoms with E-state index in [1.807, 2.05) is 12.1 Å². The first-order chi connectivity index (χ1) is 14.5. The Morgan fingerprint density at radius 3 is 2.29 bits per heavy atom. The van der Waals surface area contributed by atoms with Crippen LogP contribution in [0.2, 0.25) is 0 Å². The number of rotatable bonds is 5. The van der Waals surface area contributed by atoms with Crippen LogP contribution in [0.15, 0.2) is 59.5 Å². The average molecular weight is 438 g/mol. The Balaban J connectivity index is 1.65. The molecule has 1 saturated carbocycles. The average Bonchev–Trinajstić information content (AvgIpc) is 3.47. The van der Waals surface area contributed by atoms with Crippen LogP contribution >= 0.6 is 0 Å². The highest BCUT2D eigenvalue weighted by atomic mass is 32.2. The van der Waals surface area contributed by atoms with Gasteiger partial charge >= 0.3 is 0 Å². The smallest absolute Gasteiger partial charge is 0.272 e. The highest BCUT2D eigenvalue weighted by Crippen LogP contribution is 2.55. The van der Waals surface area contributed by atoms with Crippen molar-refractivity contribution in [3.05, 3.63) is 81.8 Å². The second kappa shape index (κ2) is 7.64. The van der Waals surface area contributed by atoms with Gasteiger partial charge in [-0.1, -0.05) is 51.1 Å². The minimum absolute atomic E-state index is 0.0477. The Bertz CT molecular complexity index is 1270. The molecule has 0 saturated heterocycles. The normalized spacial score (nSPS) is 18.6. The zero-order chi connectivity index (χ0) is 22.4. The Labute approximate surface area is 182 Å². The summed E-state index contributed by atoms with van der Waals surface area (Å²) in [5.74, 6) is 0.752. The number of anilines is 1. The van der Waals surface area contributed by atoms with Gasteiger partial charge in [-0.25, -0.2) is 13.5 Å². The van der Waals surface area contributed by atoms with E-state index in [9.17, 15) is 13.2 Å². The summed E-state index contributed by atoms with van der Waals surface area (Å²) in [6.07, 6.45) is 3.77. The molecular formula is C24H27N3O3S. The third kappa shape index (κ3) is 4.88. The van der Waals surface area contributed by atoms with Crippen molar-refractivity contribution in [2.24, 2.45) is 0 Å². The van der Waals surface area contributed by atoms with Crippen LogP contribution in [-0.2, 0) is 15.4 Å². The van der Waals surface area contributed by atoms with E-state index in [4.69, 9.17) is 0 Å². The lowest BCUT2D eigenvalue weighted by Crippen LogP contribution is -2.14. The van der Waals surface area contributed by atoms with Crippen molar-refractivity contribution < 1.29 is 8.42 Å². The van der Waals surface area contributed by atoms with Gasteiger partial charge in [0.25, 0.3) is 5.56 Å². The summed E-state index contributed by atoms with van der Waals surface area (Å²) in [7, 11) is -3.28. The predicted molar refractivity (Wildman–Crippen MR) is 124 cm³/mol. The fourth-order valence-corrected chi connectivity index (χ4v) is 4.53. The van der Waals surface area contributed by atoms with Crippen LogP contribution in [0, 0.1) is 0 Å². The molecule has 1 aliphatic rings. The molecule has 4 rings (SSSR count). The second-order valence-corrected chi connectivity index (χ2v) is 11.1. The topological polar surface area (TPSA) is 91.9 Å². The van der Waals surface area contributed by atoms with Crippen LogP contribution in [0.25, 0.3) is 11.1 Å². The first-order valence-corrected chi connectivity index (χ1v) is 12.2. The molecule has 3 aromatic rings. The van der Waals surface area contributed by atoms with Gasteiger partial charge in [0.2, 0.25) is 10.0 Å². The number of aromatic amines is 1. The van der Waals surface area contributed by atoms with E-state index in [-0.39, 0.29) is 11.0 Å². The molecule has 0 aliphatic heterocycles. The molecule has 1 heterocycles. The van der Waals surface area contributed by atoms with Crippen molar-refractivity contribution in [1.82, 2.24) is 10.2 Å². The summed E-state index contributed by atoms with van der Waals surface area (Å²) in [5.41, 5.74) is 5.46. The zero-order valence-electron chi connectivity index (χ0n) is 18.1. The number of sulfonamides is 1. The third-order valence-electron chi connectivity index (χ3n) is 5.72. The SMILES string of the molecule is CC(C)(C)c1cc(-c2ccn[nH]c2=O)cc(C2CC2c2ccc(NS(C)(=O)=O)cc2)c1. The Morgan fingerprint density at radius 2 is 1.68 bits per heavy atom. The fraction of sp³-hybridized carbons (Fsp3) is 0.333. The van der Waals surface area contributed by atoms with Crippen molar-refractivity contribution in [3.8, 4) is 11.1 Å². The monoisotopic (exact) mass is 437 g/mol. The minimum atomic E-state index is -3.28. The summed E-state index contributed by atoms with van der Waals surface area (Å²) in [6.45, 7) is 6.51. The fourth-order valence-electron chi connectivity index (χ4n) is 3.97. The van der Waals surface area contributed by atoms with E-state index in [0.717, 1.165) is 18.2 Å². The van der Waals surface area contributed by atoms with E-state index in [1.165, 1.54) is 16.7 Å². The highest BCUT2D eigenvalue weighted by molar-refractivity contribution is 7.92. The lowest BCUT2D eigenvalue weighted by atomic mass is 9.83. The maximum Gasteiger partial charge on any atom is 0.272 e. The molecule has 2 unspecified atom stereocenters. The zero-order valence-corrected chi connectivity index (χ0v) is 19.0. The summed E-state index contributed by atoms with van der Waals surface area (Å²) in [6, 6.07) is 15.8. The van der Waals surface area contributed by atoms with Gasteiger partial charge in [0.05, 0.1) is 6.26 Å². The van der Waals surface area contributed by atoms with Gasteiger partial charge in [-0.3, -0.25) is 9.52 Å². The maximum absolute atomic E-state index is 12.3. The molecule has 2 aromatic carbocycles. The second-order valence-electron chi connectivity index (χ2n) is 9.34. The van der Waals surface area contributed by atoms with E-state index < -0.39 is 10.0 Å². The summed E-state index contributed by atoms with van der Waals surface area (Å²) >= 11 is 0. The Hall–Kier alpha value is -2.93. The Morgan fingerprint density at radius 1 is 1.00 bits per heavy atom. The van der Waals surface area contributed by atoms with Crippen molar-refractivity contribution in [2.45, 2.75) is 44.4 Å². The van der Waals surface area contributed by atoms with Gasteiger partial charge in [0, 0.05) is 17.4 Å². The van der Waals surface area contributed by atoms with Crippen LogP contribution in [0.4, 0.5) is 5.69 Å². The summed E-state index contributed by atoms with van der Waals surface area (Å²) in [5, 5.41) is 6.33. The number of nitrogens with zero attached hydrogens (tertiary/aromatic N) is 1. The molecule has 0 bridgehead atoms. The number of hydrogen-bond donors (Lipinski definition) is 2. The maximum atomic E-state index is 12.3. The van der Waals surface area contributed by atoms with Gasteiger partial charge < -0.3 is 0 Å². The first kappa shape index (κ1) is 21.3. The molecule has 7 heteroatoms. The minimum Gasteiger partial charge on any atom is -0.284 e. The lowest BCUT2D eigenvalue weighted by molar-refractivity contribution is 0.589. The molecule has 0 spiro atoms. The van der Waals surface area contributed by atoms with Gasteiger partial charge in [-0.15, -0.1) is 0 Å². The number of nitrogens with one attached hydrogen (secondary N) is 2. The van der Waals surface area contributed by atoms with E-state index in [2.05, 4.69) is 53.9 Å². The standard InChI is InChI=1S/C24H27N3O3S/c1-24(2,3)18-12-16(20-9-10-25-26-23(20)28)11-17(13-18)22-14-21(22)15-5-7-19(8-6-15)27-31(4,29)30/h5-13,21-22,27H,14H2,1-4H3,(H,26,28). The molecule has 2 atom stereocenters. The largest absolute Gasteiger partial charge is 0.284 e. The van der Waals surface area contributed by atoms with Crippen molar-refractivity contribution >= 4 is 15.7 Å². The molecule has 162 valence electrons. The van der Waals surface area contributed by atoms with Crippen LogP contribution in [-0.4, -0.2) is 24.9 Å². The summed E-state index contributed by atoms with van der Waals surface area (Å²) in [4.78, 5) is 12.3. The number of H-pyrrole nitrogens is 1. The van der Waals surface area contributed by atoms with Gasteiger partial charge in [0.1, 0.15) is 0 Å². The predicted octanol–water partition coefficient (Wildman–Crippen LogP) is 4.38. The molecule has 1 aromatic heterocycles. The van der Waals surface area contributed by atoms with Crippen LogP contribution < -0.4 is 10.3 Å². The van der Waals surface area contributed by atoms with Crippen molar-refractivity contribution in [3.63, 3.8) is 0 Å². The molecule has 1 fully saturated rings.